The standard InChI is InChI=1S/C5H4O/c1-2-4-6-5-3-1/h1-2H,4H2. The van der Waals surface area contributed by atoms with Crippen LogP contribution in [0.4, 0.5) is 0 Å². The minimum atomic E-state index is 0.646. The lowest BCUT2D eigenvalue weighted by molar-refractivity contribution is 0.240. The van der Waals surface area contributed by atoms with Gasteiger partial charge < -0.3 is 4.74 Å². The molecule has 0 atom stereocenters. The van der Waals surface area contributed by atoms with Gasteiger partial charge in [-0.1, -0.05) is 12.2 Å². The highest BCUT2D eigenvalue weighted by atomic mass is 16.5. The van der Waals surface area contributed by atoms with E-state index in [0.29, 0.717) is 6.61 Å². The molecule has 0 N–H and O–H groups in total. The lowest BCUT2D eigenvalue weighted by atomic mass is 10.3. The van der Waals surface area contributed by atoms with E-state index in [1.165, 1.54) is 0 Å². The highest BCUT2D eigenvalue weighted by Gasteiger charge is 1.89. The minimum Gasteiger partial charge on any atom is -0.364 e. The van der Waals surface area contributed by atoms with Crippen molar-refractivity contribution in [3.05, 3.63) is 25.2 Å². The quantitative estimate of drug-likeness (QED) is 0.416. The van der Waals surface area contributed by atoms with Crippen molar-refractivity contribution in [1.82, 2.24) is 0 Å². The second kappa shape index (κ2) is 1.98. The van der Waals surface area contributed by atoms with Gasteiger partial charge in [0.15, 0.2) is 0 Å². The van der Waals surface area contributed by atoms with Crippen molar-refractivity contribution in [1.29, 1.82) is 0 Å². The Hall–Kier alpha value is -0.300. The third-order valence-electron chi connectivity index (χ3n) is 0.512. The van der Waals surface area contributed by atoms with Gasteiger partial charge in [0, 0.05) is 6.42 Å². The molecule has 1 rings (SSSR count). The van der Waals surface area contributed by atoms with Gasteiger partial charge in [0.2, 0.25) is 0 Å². The second-order valence-corrected chi connectivity index (χ2v) is 0.960. The first kappa shape index (κ1) is 3.88. The lowest BCUT2D eigenvalue weighted by Crippen LogP contribution is -1.91. The largest absolute Gasteiger partial charge is 0.364 e. The maximum atomic E-state index is 4.62. The number of rotatable bonds is 0. The Kier molecular flexibility index (Phi) is 1.28. The molecule has 0 bridgehead atoms. The maximum Gasteiger partial charge on any atom is 0.145 e. The van der Waals surface area contributed by atoms with Gasteiger partial charge in [-0.3, -0.25) is 0 Å². The molecular formula is C5H4O. The summed E-state index contributed by atoms with van der Waals surface area (Å²) in [5.74, 6) is 0. The second-order valence-electron chi connectivity index (χ2n) is 0.960. The summed E-state index contributed by atoms with van der Waals surface area (Å²) in [6.45, 7) is 3.09. The summed E-state index contributed by atoms with van der Waals surface area (Å²) in [5, 5.41) is 0. The van der Waals surface area contributed by atoms with Gasteiger partial charge >= 0.3 is 0 Å². The fourth-order valence-corrected chi connectivity index (χ4v) is 0.273. The van der Waals surface area contributed by atoms with E-state index in [1.54, 1.807) is 6.08 Å². The van der Waals surface area contributed by atoms with Crippen LogP contribution >= 0.6 is 0 Å². The molecule has 0 aliphatic carbocycles. The molecule has 0 aromatic rings. The monoisotopic (exact) mass is 80.0 g/mol. The smallest absolute Gasteiger partial charge is 0.145 e. The van der Waals surface area contributed by atoms with Crippen LogP contribution in [0.2, 0.25) is 0 Å². The third-order valence-corrected chi connectivity index (χ3v) is 0.512. The van der Waals surface area contributed by atoms with Gasteiger partial charge in [-0.05, 0) is 0 Å². The predicted molar refractivity (Wildman–Crippen MR) is 21.6 cm³/mol. The molecule has 0 aromatic heterocycles. The molecule has 0 spiro atoms. The Morgan fingerprint density at radius 3 is 2.83 bits per heavy atom. The number of hydrogen-bond donors (Lipinski definition) is 0. The van der Waals surface area contributed by atoms with E-state index in [2.05, 4.69) is 17.8 Å². The number of ether oxygens (including phenoxy) is 1. The van der Waals surface area contributed by atoms with Crippen LogP contribution in [0, 0.1) is 13.0 Å². The molecule has 30 valence electrons. The normalized spacial score (nSPS) is 21.3. The van der Waals surface area contributed by atoms with E-state index in [1.807, 2.05) is 6.08 Å². The van der Waals surface area contributed by atoms with Gasteiger partial charge in [0.25, 0.3) is 0 Å². The van der Waals surface area contributed by atoms with E-state index in [9.17, 15) is 0 Å². The van der Waals surface area contributed by atoms with Crippen LogP contribution in [0.5, 0.6) is 0 Å². The Morgan fingerprint density at radius 2 is 2.67 bits per heavy atom. The van der Waals surface area contributed by atoms with Crippen LogP contribution in [0.25, 0.3) is 0 Å². The molecule has 1 heterocycles. The van der Waals surface area contributed by atoms with Gasteiger partial charge in [-0.15, -0.1) is 0 Å². The molecule has 1 aliphatic heterocycles. The molecule has 4 radical (unpaired) electrons. The number of hydrogen-bond acceptors (Lipinski definition) is 1. The summed E-state index contributed by atoms with van der Waals surface area (Å²) in [6.07, 6.45) is 6.28. The Balaban J connectivity index is 2.26. The fraction of sp³-hybridized carbons (Fsp3) is 0.200. The maximum absolute atomic E-state index is 4.62. The zero-order valence-corrected chi connectivity index (χ0v) is 3.27. The molecular weight excluding hydrogens is 76.1 g/mol. The third kappa shape index (κ3) is 0.830. The Bertz CT molecular complexity index is 49.0. The van der Waals surface area contributed by atoms with Gasteiger partial charge in [-0.2, -0.15) is 0 Å². The first-order chi connectivity index (χ1) is 3.00. The Morgan fingerprint density at radius 1 is 1.67 bits per heavy atom. The van der Waals surface area contributed by atoms with Crippen LogP contribution < -0.4 is 0 Å². The predicted octanol–water partition coefficient (Wildman–Crippen LogP) is 0.693. The summed E-state index contributed by atoms with van der Waals surface area (Å²) < 4.78 is 4.62. The highest BCUT2D eigenvalue weighted by Crippen LogP contribution is 1.95. The van der Waals surface area contributed by atoms with Crippen molar-refractivity contribution >= 4 is 0 Å². The molecule has 0 fully saturated rings. The van der Waals surface area contributed by atoms with Crippen molar-refractivity contribution < 1.29 is 4.74 Å². The van der Waals surface area contributed by atoms with E-state index < -0.39 is 0 Å². The zero-order chi connectivity index (χ0) is 4.24. The average Bonchev–Trinajstić information content (AvgIpc) is 1.72. The molecule has 1 heteroatoms. The van der Waals surface area contributed by atoms with E-state index in [4.69, 9.17) is 0 Å². The van der Waals surface area contributed by atoms with Crippen molar-refractivity contribution in [2.75, 3.05) is 6.61 Å². The van der Waals surface area contributed by atoms with Crippen LogP contribution in [0.1, 0.15) is 0 Å². The summed E-state index contributed by atoms with van der Waals surface area (Å²) in [4.78, 5) is 0. The highest BCUT2D eigenvalue weighted by molar-refractivity contribution is 5.03. The van der Waals surface area contributed by atoms with E-state index >= 15 is 0 Å². The molecule has 0 saturated carbocycles. The molecule has 0 saturated heterocycles. The molecule has 0 unspecified atom stereocenters. The van der Waals surface area contributed by atoms with Crippen molar-refractivity contribution in [3.63, 3.8) is 0 Å². The lowest BCUT2D eigenvalue weighted by Gasteiger charge is -1.97. The fourth-order valence-electron chi connectivity index (χ4n) is 0.273. The van der Waals surface area contributed by atoms with Crippen LogP contribution in [0.3, 0.4) is 0 Å². The SMILES string of the molecule is [C]1[C]OCC=C1. The van der Waals surface area contributed by atoms with Gasteiger partial charge in [-0.25, -0.2) is 0 Å². The molecule has 1 nitrogen and oxygen atoms in total. The molecule has 6 heavy (non-hydrogen) atoms. The summed E-state index contributed by atoms with van der Waals surface area (Å²) in [6, 6.07) is 0. The minimum absolute atomic E-state index is 0.646. The zero-order valence-electron chi connectivity index (χ0n) is 3.27. The molecule has 1 aliphatic rings. The topological polar surface area (TPSA) is 9.23 Å². The van der Waals surface area contributed by atoms with E-state index in [-0.39, 0.29) is 0 Å². The molecule has 0 aromatic carbocycles. The van der Waals surface area contributed by atoms with Crippen molar-refractivity contribution in [2.24, 2.45) is 0 Å². The van der Waals surface area contributed by atoms with Crippen LogP contribution in [-0.4, -0.2) is 6.61 Å². The van der Waals surface area contributed by atoms with Gasteiger partial charge in [0.1, 0.15) is 6.61 Å². The van der Waals surface area contributed by atoms with E-state index in [0.717, 1.165) is 0 Å². The van der Waals surface area contributed by atoms with Crippen LogP contribution in [-0.2, 0) is 4.74 Å². The summed E-state index contributed by atoms with van der Waals surface area (Å²) in [7, 11) is 0. The summed E-state index contributed by atoms with van der Waals surface area (Å²) in [5.41, 5.74) is 0. The average molecular weight is 80.1 g/mol. The first-order valence-electron chi connectivity index (χ1n) is 1.77. The molecule has 0 amide bonds. The van der Waals surface area contributed by atoms with Crippen LogP contribution in [0.15, 0.2) is 12.2 Å². The Labute approximate surface area is 37.6 Å². The van der Waals surface area contributed by atoms with Crippen molar-refractivity contribution in [3.8, 4) is 0 Å². The first-order valence-corrected chi connectivity index (χ1v) is 1.77. The van der Waals surface area contributed by atoms with Crippen molar-refractivity contribution in [2.45, 2.75) is 0 Å². The van der Waals surface area contributed by atoms with Gasteiger partial charge in [0.05, 0.1) is 6.61 Å². The summed E-state index contributed by atoms with van der Waals surface area (Å²) >= 11 is 0.